The monoisotopic (exact) mass is 291 g/mol. The number of hydrogen-bond donors (Lipinski definition) is 2. The summed E-state index contributed by atoms with van der Waals surface area (Å²) < 4.78 is 0. The number of aromatic nitrogens is 3. The number of amides is 1. The molecule has 1 aromatic rings. The van der Waals surface area contributed by atoms with Crippen LogP contribution in [0, 0.1) is 0 Å². The minimum Gasteiger partial charge on any atom is -0.368 e. The molecule has 114 valence electrons. The highest BCUT2D eigenvalue weighted by Gasteiger charge is 2.26. The summed E-state index contributed by atoms with van der Waals surface area (Å²) in [6.07, 6.45) is 3.22. The molecule has 0 aromatic carbocycles. The number of carbonyl (C=O) groups excluding carboxylic acids is 1. The Morgan fingerprint density at radius 2 is 1.81 bits per heavy atom. The van der Waals surface area contributed by atoms with Gasteiger partial charge in [-0.3, -0.25) is 4.79 Å². The first kappa shape index (κ1) is 13.8. The summed E-state index contributed by atoms with van der Waals surface area (Å²) in [5.41, 5.74) is 5.82. The number of nitrogens with one attached hydrogen (secondary N) is 1. The van der Waals surface area contributed by atoms with E-state index in [0.717, 1.165) is 38.9 Å². The lowest BCUT2D eigenvalue weighted by molar-refractivity contribution is -0.119. The second-order valence-electron chi connectivity index (χ2n) is 5.62. The van der Waals surface area contributed by atoms with Crippen molar-refractivity contribution in [3.63, 3.8) is 0 Å². The van der Waals surface area contributed by atoms with Crippen LogP contribution in [0.3, 0.4) is 0 Å². The second kappa shape index (κ2) is 5.71. The lowest BCUT2D eigenvalue weighted by Gasteiger charge is -2.20. The average Bonchev–Trinajstić information content (AvgIpc) is 3.08. The van der Waals surface area contributed by atoms with E-state index in [1.165, 1.54) is 6.92 Å². The molecule has 0 radical (unpaired) electrons. The molecule has 3 heterocycles. The third-order valence-corrected chi connectivity index (χ3v) is 3.90. The molecule has 8 nitrogen and oxygen atoms in total. The van der Waals surface area contributed by atoms with Crippen molar-refractivity contribution in [2.24, 2.45) is 0 Å². The summed E-state index contributed by atoms with van der Waals surface area (Å²) in [6, 6.07) is 0.149. The van der Waals surface area contributed by atoms with Gasteiger partial charge in [0.2, 0.25) is 23.8 Å². The largest absolute Gasteiger partial charge is 0.368 e. The minimum atomic E-state index is -0.00485. The predicted molar refractivity (Wildman–Crippen MR) is 80.1 cm³/mol. The molecule has 2 aliphatic heterocycles. The van der Waals surface area contributed by atoms with E-state index in [-0.39, 0.29) is 17.9 Å². The molecule has 2 fully saturated rings. The third kappa shape index (κ3) is 3.14. The van der Waals surface area contributed by atoms with Crippen molar-refractivity contribution in [1.82, 2.24) is 20.3 Å². The van der Waals surface area contributed by atoms with Gasteiger partial charge >= 0.3 is 0 Å². The zero-order chi connectivity index (χ0) is 14.8. The summed E-state index contributed by atoms with van der Waals surface area (Å²) in [7, 11) is 0. The molecule has 1 amide bonds. The van der Waals surface area contributed by atoms with Crippen LogP contribution < -0.4 is 20.9 Å². The highest BCUT2D eigenvalue weighted by molar-refractivity contribution is 5.73. The van der Waals surface area contributed by atoms with Crippen LogP contribution in [0.15, 0.2) is 0 Å². The molecule has 0 bridgehead atoms. The van der Waals surface area contributed by atoms with E-state index < -0.39 is 0 Å². The Morgan fingerprint density at radius 1 is 1.14 bits per heavy atom. The molecular weight excluding hydrogens is 270 g/mol. The lowest BCUT2D eigenvalue weighted by atomic mass is 10.3. The number of rotatable bonds is 3. The highest BCUT2D eigenvalue weighted by Crippen LogP contribution is 2.22. The van der Waals surface area contributed by atoms with Gasteiger partial charge in [-0.15, -0.1) is 0 Å². The fourth-order valence-corrected chi connectivity index (χ4v) is 2.92. The number of hydrogen-bond acceptors (Lipinski definition) is 7. The molecule has 2 saturated heterocycles. The quantitative estimate of drug-likeness (QED) is 0.793. The minimum absolute atomic E-state index is 0.00485. The predicted octanol–water partition coefficient (Wildman–Crippen LogP) is -0.231. The van der Waals surface area contributed by atoms with E-state index in [0.29, 0.717) is 18.4 Å². The first-order chi connectivity index (χ1) is 10.1. The molecule has 8 heteroatoms. The smallest absolute Gasteiger partial charge is 0.232 e. The molecule has 0 spiro atoms. The van der Waals surface area contributed by atoms with E-state index in [1.807, 2.05) is 0 Å². The number of carbonyl (C=O) groups is 1. The van der Waals surface area contributed by atoms with Gasteiger partial charge < -0.3 is 20.9 Å². The van der Waals surface area contributed by atoms with Crippen LogP contribution in [0.2, 0.25) is 0 Å². The topological polar surface area (TPSA) is 100 Å². The summed E-state index contributed by atoms with van der Waals surface area (Å²) in [5.74, 6) is 1.52. The lowest BCUT2D eigenvalue weighted by Crippen LogP contribution is -2.36. The normalized spacial score (nSPS) is 21.9. The van der Waals surface area contributed by atoms with E-state index in [2.05, 4.69) is 30.1 Å². The number of nitrogen functional groups attached to an aromatic ring is 1. The fraction of sp³-hybridized carbons (Fsp3) is 0.692. The third-order valence-electron chi connectivity index (χ3n) is 3.90. The molecule has 0 aliphatic carbocycles. The van der Waals surface area contributed by atoms with Gasteiger partial charge in [-0.2, -0.15) is 15.0 Å². The van der Waals surface area contributed by atoms with Gasteiger partial charge in [0.05, 0.1) is 0 Å². The summed E-state index contributed by atoms with van der Waals surface area (Å²) in [6.45, 7) is 5.00. The second-order valence-corrected chi connectivity index (χ2v) is 5.62. The molecule has 1 atom stereocenters. The molecule has 1 unspecified atom stereocenters. The van der Waals surface area contributed by atoms with Crippen LogP contribution in [0.5, 0.6) is 0 Å². The molecule has 1 aromatic heterocycles. The van der Waals surface area contributed by atoms with Gasteiger partial charge in [-0.25, -0.2) is 0 Å². The molecule has 3 N–H and O–H groups in total. The van der Waals surface area contributed by atoms with Crippen LogP contribution in [0.4, 0.5) is 17.8 Å². The Labute approximate surface area is 123 Å². The van der Waals surface area contributed by atoms with Gasteiger partial charge in [0, 0.05) is 39.1 Å². The van der Waals surface area contributed by atoms with Crippen molar-refractivity contribution in [3.05, 3.63) is 0 Å². The van der Waals surface area contributed by atoms with E-state index in [9.17, 15) is 4.79 Å². The maximum Gasteiger partial charge on any atom is 0.232 e. The van der Waals surface area contributed by atoms with Gasteiger partial charge in [0.25, 0.3) is 0 Å². The number of anilines is 3. The fourth-order valence-electron chi connectivity index (χ4n) is 2.92. The summed E-state index contributed by atoms with van der Waals surface area (Å²) >= 11 is 0. The van der Waals surface area contributed by atoms with Crippen LogP contribution in [0.25, 0.3) is 0 Å². The van der Waals surface area contributed by atoms with Crippen molar-refractivity contribution in [2.45, 2.75) is 32.2 Å². The number of nitrogens with zero attached hydrogens (tertiary/aromatic N) is 5. The molecule has 0 saturated carbocycles. The maximum absolute atomic E-state index is 11.1. The van der Waals surface area contributed by atoms with Crippen molar-refractivity contribution < 1.29 is 4.79 Å². The summed E-state index contributed by atoms with van der Waals surface area (Å²) in [5, 5.41) is 2.93. The van der Waals surface area contributed by atoms with Crippen LogP contribution >= 0.6 is 0 Å². The van der Waals surface area contributed by atoms with Crippen molar-refractivity contribution >= 4 is 23.8 Å². The Balaban J connectivity index is 1.74. The average molecular weight is 291 g/mol. The first-order valence-corrected chi connectivity index (χ1v) is 7.40. The maximum atomic E-state index is 11.1. The van der Waals surface area contributed by atoms with Crippen molar-refractivity contribution in [2.75, 3.05) is 41.7 Å². The van der Waals surface area contributed by atoms with E-state index in [4.69, 9.17) is 5.73 Å². The summed E-state index contributed by atoms with van der Waals surface area (Å²) in [4.78, 5) is 28.4. The molecule has 3 rings (SSSR count). The SMILES string of the molecule is CC(=O)NC1CCN(c2nc(N)nc(N3CCCC3)n2)C1. The van der Waals surface area contributed by atoms with Gasteiger partial charge in [-0.05, 0) is 19.3 Å². The van der Waals surface area contributed by atoms with Crippen molar-refractivity contribution in [1.29, 1.82) is 0 Å². The molecule has 21 heavy (non-hydrogen) atoms. The van der Waals surface area contributed by atoms with E-state index in [1.54, 1.807) is 0 Å². The van der Waals surface area contributed by atoms with Gasteiger partial charge in [-0.1, -0.05) is 0 Å². The zero-order valence-corrected chi connectivity index (χ0v) is 12.2. The standard InChI is InChI=1S/C13H21N7O/c1-9(21)15-10-4-7-20(8-10)13-17-11(14)16-12(18-13)19-5-2-3-6-19/h10H,2-8H2,1H3,(H,15,21)(H2,14,16,17,18). The Kier molecular flexibility index (Phi) is 3.76. The van der Waals surface area contributed by atoms with Gasteiger partial charge in [0.15, 0.2) is 0 Å². The highest BCUT2D eigenvalue weighted by atomic mass is 16.1. The Hall–Kier alpha value is -2.12. The Morgan fingerprint density at radius 3 is 2.48 bits per heavy atom. The number of nitrogens with two attached hydrogens (primary N) is 1. The first-order valence-electron chi connectivity index (χ1n) is 7.40. The van der Waals surface area contributed by atoms with Gasteiger partial charge in [0.1, 0.15) is 0 Å². The molecular formula is C13H21N7O. The van der Waals surface area contributed by atoms with Crippen LogP contribution in [-0.2, 0) is 4.79 Å². The van der Waals surface area contributed by atoms with Crippen LogP contribution in [-0.4, -0.2) is 53.1 Å². The van der Waals surface area contributed by atoms with Crippen molar-refractivity contribution in [3.8, 4) is 0 Å². The Bertz CT molecular complexity index is 529. The van der Waals surface area contributed by atoms with E-state index >= 15 is 0 Å². The molecule has 2 aliphatic rings. The zero-order valence-electron chi connectivity index (χ0n) is 12.2. The van der Waals surface area contributed by atoms with Crippen LogP contribution in [0.1, 0.15) is 26.2 Å².